The molecule has 1 N–H and O–H groups in total. The van der Waals surface area contributed by atoms with E-state index in [9.17, 15) is 0 Å². The first kappa shape index (κ1) is 18.2. The summed E-state index contributed by atoms with van der Waals surface area (Å²) in [6, 6.07) is 9.10. The lowest BCUT2D eigenvalue weighted by atomic mass is 9.85. The number of rotatable bonds is 11. The highest BCUT2D eigenvalue weighted by atomic mass is 14.8. The quantitative estimate of drug-likeness (QED) is 0.577. The van der Waals surface area contributed by atoms with Crippen molar-refractivity contribution in [1.82, 2.24) is 5.32 Å². The van der Waals surface area contributed by atoms with E-state index in [1.165, 1.54) is 49.7 Å². The van der Waals surface area contributed by atoms with Gasteiger partial charge in [-0.3, -0.25) is 0 Å². The van der Waals surface area contributed by atoms with E-state index in [1.54, 1.807) is 0 Å². The van der Waals surface area contributed by atoms with E-state index in [1.807, 2.05) is 0 Å². The maximum absolute atomic E-state index is 3.57. The highest BCUT2D eigenvalue weighted by molar-refractivity contribution is 5.21. The summed E-state index contributed by atoms with van der Waals surface area (Å²) in [5, 5.41) is 3.57. The zero-order valence-corrected chi connectivity index (χ0v) is 14.6. The van der Waals surface area contributed by atoms with Crippen LogP contribution in [0.2, 0.25) is 0 Å². The Labute approximate surface area is 132 Å². The Morgan fingerprint density at radius 3 is 2.29 bits per heavy atom. The largest absolute Gasteiger partial charge is 0.317 e. The molecule has 0 saturated carbocycles. The summed E-state index contributed by atoms with van der Waals surface area (Å²) in [7, 11) is 0. The van der Waals surface area contributed by atoms with Crippen LogP contribution >= 0.6 is 0 Å². The molecule has 0 spiro atoms. The van der Waals surface area contributed by atoms with Gasteiger partial charge in [-0.25, -0.2) is 0 Å². The molecular weight excluding hydrogens is 254 g/mol. The van der Waals surface area contributed by atoms with Crippen molar-refractivity contribution in [1.29, 1.82) is 0 Å². The summed E-state index contributed by atoms with van der Waals surface area (Å²) >= 11 is 0. The summed E-state index contributed by atoms with van der Waals surface area (Å²) < 4.78 is 0. The van der Waals surface area contributed by atoms with Crippen molar-refractivity contribution in [3.05, 3.63) is 35.4 Å². The van der Waals surface area contributed by atoms with Gasteiger partial charge in [-0.05, 0) is 50.3 Å². The molecule has 0 radical (unpaired) electrons. The van der Waals surface area contributed by atoms with Gasteiger partial charge in [0, 0.05) is 0 Å². The molecule has 0 heterocycles. The Hall–Kier alpha value is -0.820. The van der Waals surface area contributed by atoms with Crippen LogP contribution in [-0.4, -0.2) is 13.1 Å². The first-order valence-electron chi connectivity index (χ1n) is 8.95. The minimum absolute atomic E-state index is 0.773. The van der Waals surface area contributed by atoms with Gasteiger partial charge in [-0.2, -0.15) is 0 Å². The zero-order chi connectivity index (χ0) is 15.5. The van der Waals surface area contributed by atoms with E-state index in [4.69, 9.17) is 0 Å². The molecule has 0 fully saturated rings. The van der Waals surface area contributed by atoms with Gasteiger partial charge in [0.15, 0.2) is 0 Å². The molecule has 0 aliphatic carbocycles. The number of hydrogen-bond acceptors (Lipinski definition) is 1. The van der Waals surface area contributed by atoms with E-state index in [2.05, 4.69) is 57.3 Å². The molecule has 0 aliphatic heterocycles. The monoisotopic (exact) mass is 289 g/mol. The molecule has 1 heteroatoms. The average Bonchev–Trinajstić information content (AvgIpc) is 2.50. The van der Waals surface area contributed by atoms with Gasteiger partial charge in [0.2, 0.25) is 0 Å². The van der Waals surface area contributed by atoms with Crippen LogP contribution < -0.4 is 5.32 Å². The first-order chi connectivity index (χ1) is 10.2. The third-order valence-electron chi connectivity index (χ3n) is 4.54. The van der Waals surface area contributed by atoms with Crippen molar-refractivity contribution in [2.45, 2.75) is 66.2 Å². The van der Waals surface area contributed by atoms with E-state index >= 15 is 0 Å². The normalized spacial score (nSPS) is 14.1. The van der Waals surface area contributed by atoms with Crippen LogP contribution in [0.15, 0.2) is 24.3 Å². The van der Waals surface area contributed by atoms with Crippen LogP contribution in [0, 0.1) is 18.8 Å². The molecule has 120 valence electrons. The molecular formula is C20H35N. The topological polar surface area (TPSA) is 12.0 Å². The summed E-state index contributed by atoms with van der Waals surface area (Å²) in [6.07, 6.45) is 8.04. The number of aryl methyl sites for hydroxylation is 1. The minimum atomic E-state index is 0.773. The lowest BCUT2D eigenvalue weighted by Crippen LogP contribution is -2.26. The minimum Gasteiger partial charge on any atom is -0.317 e. The predicted molar refractivity (Wildman–Crippen MR) is 94.8 cm³/mol. The zero-order valence-electron chi connectivity index (χ0n) is 14.6. The maximum Gasteiger partial charge on any atom is -0.00173 e. The Morgan fingerprint density at radius 2 is 1.71 bits per heavy atom. The molecule has 0 bridgehead atoms. The molecule has 1 rings (SSSR count). The van der Waals surface area contributed by atoms with Gasteiger partial charge in [-0.1, -0.05) is 76.3 Å². The van der Waals surface area contributed by atoms with E-state index in [0.717, 1.165) is 24.9 Å². The van der Waals surface area contributed by atoms with Crippen LogP contribution in [0.5, 0.6) is 0 Å². The second-order valence-corrected chi connectivity index (χ2v) is 6.52. The molecule has 0 aliphatic rings. The van der Waals surface area contributed by atoms with Gasteiger partial charge < -0.3 is 5.32 Å². The lowest BCUT2D eigenvalue weighted by Gasteiger charge is -2.23. The van der Waals surface area contributed by atoms with Gasteiger partial charge in [0.25, 0.3) is 0 Å². The van der Waals surface area contributed by atoms with Gasteiger partial charge >= 0.3 is 0 Å². The Bertz CT molecular complexity index is 355. The molecule has 0 saturated heterocycles. The molecule has 1 aromatic rings. The number of unbranched alkanes of at least 4 members (excludes halogenated alkanes) is 1. The Kier molecular flexibility index (Phi) is 9.41. The van der Waals surface area contributed by atoms with Crippen molar-refractivity contribution in [2.75, 3.05) is 13.1 Å². The summed E-state index contributed by atoms with van der Waals surface area (Å²) in [4.78, 5) is 0. The molecule has 0 aromatic heterocycles. The van der Waals surface area contributed by atoms with E-state index in [0.29, 0.717) is 0 Å². The first-order valence-corrected chi connectivity index (χ1v) is 8.95. The standard InChI is InChI=1S/C20H35N/c1-5-8-9-18(6-2)14-20(16-21-7-3)15-19-12-10-17(4)11-13-19/h10-13,18,20-21H,5-9,14-16H2,1-4H3. The average molecular weight is 290 g/mol. The third-order valence-corrected chi connectivity index (χ3v) is 4.54. The lowest BCUT2D eigenvalue weighted by molar-refractivity contribution is 0.326. The summed E-state index contributed by atoms with van der Waals surface area (Å²) in [5.74, 6) is 1.67. The molecule has 2 atom stereocenters. The fraction of sp³-hybridized carbons (Fsp3) is 0.700. The number of benzene rings is 1. The van der Waals surface area contributed by atoms with Crippen molar-refractivity contribution >= 4 is 0 Å². The second kappa shape index (κ2) is 10.8. The summed E-state index contributed by atoms with van der Waals surface area (Å²) in [6.45, 7) is 11.3. The Balaban J connectivity index is 2.58. The summed E-state index contributed by atoms with van der Waals surface area (Å²) in [5.41, 5.74) is 2.85. The van der Waals surface area contributed by atoms with E-state index < -0.39 is 0 Å². The van der Waals surface area contributed by atoms with Crippen molar-refractivity contribution in [3.63, 3.8) is 0 Å². The van der Waals surface area contributed by atoms with Crippen LogP contribution in [0.4, 0.5) is 0 Å². The van der Waals surface area contributed by atoms with Crippen molar-refractivity contribution in [2.24, 2.45) is 11.8 Å². The molecule has 1 nitrogen and oxygen atoms in total. The van der Waals surface area contributed by atoms with Crippen LogP contribution in [0.25, 0.3) is 0 Å². The second-order valence-electron chi connectivity index (χ2n) is 6.52. The fourth-order valence-corrected chi connectivity index (χ4v) is 3.10. The number of hydrogen-bond donors (Lipinski definition) is 1. The van der Waals surface area contributed by atoms with Gasteiger partial charge in [0.05, 0.1) is 0 Å². The van der Waals surface area contributed by atoms with E-state index in [-0.39, 0.29) is 0 Å². The van der Waals surface area contributed by atoms with Crippen LogP contribution in [0.1, 0.15) is 64.0 Å². The fourth-order valence-electron chi connectivity index (χ4n) is 3.10. The number of nitrogens with one attached hydrogen (secondary N) is 1. The molecule has 2 unspecified atom stereocenters. The third kappa shape index (κ3) is 7.66. The van der Waals surface area contributed by atoms with Crippen LogP contribution in [0.3, 0.4) is 0 Å². The van der Waals surface area contributed by atoms with Crippen LogP contribution in [-0.2, 0) is 6.42 Å². The smallest absolute Gasteiger partial charge is 0.00173 e. The highest BCUT2D eigenvalue weighted by Gasteiger charge is 2.15. The van der Waals surface area contributed by atoms with Crippen molar-refractivity contribution in [3.8, 4) is 0 Å². The molecule has 21 heavy (non-hydrogen) atoms. The van der Waals surface area contributed by atoms with Crippen molar-refractivity contribution < 1.29 is 0 Å². The van der Waals surface area contributed by atoms with Gasteiger partial charge in [0.1, 0.15) is 0 Å². The maximum atomic E-state index is 3.57. The molecule has 1 aromatic carbocycles. The molecule has 0 amide bonds. The van der Waals surface area contributed by atoms with Gasteiger partial charge in [-0.15, -0.1) is 0 Å². The highest BCUT2D eigenvalue weighted by Crippen LogP contribution is 2.24. The predicted octanol–water partition coefficient (Wildman–Crippen LogP) is 5.37. The SMILES string of the molecule is CCCCC(CC)CC(CNCC)Cc1ccc(C)cc1. The Morgan fingerprint density at radius 1 is 1.00 bits per heavy atom.